The van der Waals surface area contributed by atoms with Crippen LogP contribution in [0, 0.1) is 5.92 Å². The molecule has 3 rings (SSSR count). The molecule has 2 heterocycles. The minimum Gasteiger partial charge on any atom is -0.316 e. The molecule has 1 aromatic heterocycles. The molecular weight excluding hydrogens is 196 g/mol. The first-order valence-electron chi connectivity index (χ1n) is 5.95. The average Bonchev–Trinajstić information content (AvgIpc) is 2.82. The predicted molar refractivity (Wildman–Crippen MR) is 66.4 cm³/mol. The van der Waals surface area contributed by atoms with Crippen LogP contribution in [0.15, 0.2) is 36.7 Å². The van der Waals surface area contributed by atoms with Crippen molar-refractivity contribution in [2.24, 2.45) is 5.92 Å². The molecule has 1 fully saturated rings. The van der Waals surface area contributed by atoms with Gasteiger partial charge in [-0.15, -0.1) is 0 Å². The Morgan fingerprint density at radius 3 is 3.12 bits per heavy atom. The highest BCUT2D eigenvalue weighted by Gasteiger charge is 2.14. The monoisotopic (exact) mass is 212 g/mol. The number of rotatable bonds is 2. The van der Waals surface area contributed by atoms with E-state index >= 15 is 0 Å². The lowest BCUT2D eigenvalue weighted by Crippen LogP contribution is -2.10. The minimum atomic E-state index is 0.819. The number of fused-ring (bicyclic) bond motifs is 1. The minimum absolute atomic E-state index is 0.819. The van der Waals surface area contributed by atoms with Crippen LogP contribution in [0.2, 0.25) is 0 Å². The van der Waals surface area contributed by atoms with Gasteiger partial charge < -0.3 is 5.32 Å². The number of hydrogen-bond donors (Lipinski definition) is 1. The van der Waals surface area contributed by atoms with Crippen molar-refractivity contribution < 1.29 is 0 Å². The van der Waals surface area contributed by atoms with E-state index in [-0.39, 0.29) is 0 Å². The van der Waals surface area contributed by atoms with Gasteiger partial charge in [0.25, 0.3) is 0 Å². The van der Waals surface area contributed by atoms with Crippen molar-refractivity contribution >= 4 is 10.8 Å². The fourth-order valence-corrected chi connectivity index (χ4v) is 2.48. The van der Waals surface area contributed by atoms with Crippen molar-refractivity contribution in [2.45, 2.75) is 12.8 Å². The molecule has 0 bridgehead atoms. The number of benzene rings is 1. The van der Waals surface area contributed by atoms with Gasteiger partial charge in [0.15, 0.2) is 0 Å². The van der Waals surface area contributed by atoms with Crippen molar-refractivity contribution in [3.8, 4) is 0 Å². The zero-order chi connectivity index (χ0) is 10.8. The number of nitrogens with zero attached hydrogens (tertiary/aromatic N) is 1. The summed E-state index contributed by atoms with van der Waals surface area (Å²) in [6.45, 7) is 2.36. The Morgan fingerprint density at radius 2 is 2.25 bits per heavy atom. The van der Waals surface area contributed by atoms with Crippen molar-refractivity contribution in [1.82, 2.24) is 10.3 Å². The fraction of sp³-hybridized carbons (Fsp3) is 0.357. The van der Waals surface area contributed by atoms with E-state index in [1.165, 1.54) is 42.3 Å². The molecule has 16 heavy (non-hydrogen) atoms. The molecule has 2 nitrogen and oxygen atoms in total. The van der Waals surface area contributed by atoms with Gasteiger partial charge in [-0.1, -0.05) is 18.2 Å². The molecule has 1 unspecified atom stereocenters. The van der Waals surface area contributed by atoms with Gasteiger partial charge in [-0.05, 0) is 48.9 Å². The van der Waals surface area contributed by atoms with Crippen LogP contribution in [0.1, 0.15) is 12.0 Å². The average molecular weight is 212 g/mol. The lowest BCUT2D eigenvalue weighted by Gasteiger charge is -2.08. The normalized spacial score (nSPS) is 20.4. The zero-order valence-corrected chi connectivity index (χ0v) is 9.32. The molecule has 1 saturated heterocycles. The van der Waals surface area contributed by atoms with Crippen LogP contribution in [-0.2, 0) is 6.42 Å². The molecule has 0 saturated carbocycles. The summed E-state index contributed by atoms with van der Waals surface area (Å²) in [6.07, 6.45) is 6.30. The lowest BCUT2D eigenvalue weighted by atomic mass is 9.97. The van der Waals surface area contributed by atoms with Crippen molar-refractivity contribution in [1.29, 1.82) is 0 Å². The van der Waals surface area contributed by atoms with Crippen LogP contribution in [0.25, 0.3) is 10.8 Å². The Hall–Kier alpha value is -1.41. The number of pyridine rings is 1. The second-order valence-electron chi connectivity index (χ2n) is 4.62. The second kappa shape index (κ2) is 4.22. The van der Waals surface area contributed by atoms with Gasteiger partial charge in [0.05, 0.1) is 0 Å². The van der Waals surface area contributed by atoms with Gasteiger partial charge in [-0.2, -0.15) is 0 Å². The maximum absolute atomic E-state index is 4.14. The van der Waals surface area contributed by atoms with Crippen molar-refractivity contribution in [3.63, 3.8) is 0 Å². The third kappa shape index (κ3) is 1.93. The van der Waals surface area contributed by atoms with Gasteiger partial charge in [-0.25, -0.2) is 0 Å². The molecule has 1 aliphatic heterocycles. The molecule has 82 valence electrons. The van der Waals surface area contributed by atoms with Crippen LogP contribution in [-0.4, -0.2) is 18.1 Å². The van der Waals surface area contributed by atoms with Gasteiger partial charge in [-0.3, -0.25) is 4.98 Å². The highest BCUT2D eigenvalue weighted by molar-refractivity contribution is 5.81. The summed E-state index contributed by atoms with van der Waals surface area (Å²) in [5, 5.41) is 5.96. The smallest absolute Gasteiger partial charge is 0.0346 e. The van der Waals surface area contributed by atoms with E-state index in [0.29, 0.717) is 0 Å². The molecule has 1 atom stereocenters. The number of nitrogens with one attached hydrogen (secondary N) is 1. The second-order valence-corrected chi connectivity index (χ2v) is 4.62. The van der Waals surface area contributed by atoms with Crippen LogP contribution < -0.4 is 5.32 Å². The molecule has 0 amide bonds. The Balaban J connectivity index is 1.86. The Kier molecular flexibility index (Phi) is 2.58. The third-order valence-electron chi connectivity index (χ3n) is 3.39. The van der Waals surface area contributed by atoms with Crippen LogP contribution in [0.4, 0.5) is 0 Å². The number of hydrogen-bond acceptors (Lipinski definition) is 2. The SMILES string of the molecule is c1cc2cc(CC3CCNC3)ccc2cn1. The Labute approximate surface area is 95.7 Å². The third-order valence-corrected chi connectivity index (χ3v) is 3.39. The first kappa shape index (κ1) is 9.79. The van der Waals surface area contributed by atoms with Crippen molar-refractivity contribution in [3.05, 3.63) is 42.2 Å². The van der Waals surface area contributed by atoms with E-state index in [1.54, 1.807) is 0 Å². The standard InChI is InChI=1S/C14H16N2/c1-2-14-10-16-6-4-13(14)8-11(1)7-12-3-5-15-9-12/h1-2,4,6,8,10,12,15H,3,5,7,9H2. The molecule has 2 heteroatoms. The maximum Gasteiger partial charge on any atom is 0.0346 e. The molecule has 0 aliphatic carbocycles. The van der Waals surface area contributed by atoms with Gasteiger partial charge >= 0.3 is 0 Å². The summed E-state index contributed by atoms with van der Waals surface area (Å²) in [7, 11) is 0. The highest BCUT2D eigenvalue weighted by atomic mass is 14.9. The van der Waals surface area contributed by atoms with Gasteiger partial charge in [0.2, 0.25) is 0 Å². The Morgan fingerprint density at radius 1 is 1.25 bits per heavy atom. The number of aromatic nitrogens is 1. The van der Waals surface area contributed by atoms with E-state index in [9.17, 15) is 0 Å². The molecule has 1 N–H and O–H groups in total. The van der Waals surface area contributed by atoms with E-state index in [2.05, 4.69) is 34.6 Å². The van der Waals surface area contributed by atoms with Gasteiger partial charge in [0, 0.05) is 17.8 Å². The summed E-state index contributed by atoms with van der Waals surface area (Å²) < 4.78 is 0. The molecular formula is C14H16N2. The largest absolute Gasteiger partial charge is 0.316 e. The molecule has 0 radical (unpaired) electrons. The first-order valence-corrected chi connectivity index (χ1v) is 5.95. The molecule has 1 aromatic carbocycles. The van der Waals surface area contributed by atoms with E-state index in [0.717, 1.165) is 5.92 Å². The fourth-order valence-electron chi connectivity index (χ4n) is 2.48. The topological polar surface area (TPSA) is 24.9 Å². The summed E-state index contributed by atoms with van der Waals surface area (Å²) >= 11 is 0. The molecule has 1 aliphatic rings. The van der Waals surface area contributed by atoms with Crippen LogP contribution in [0.3, 0.4) is 0 Å². The van der Waals surface area contributed by atoms with Gasteiger partial charge in [0.1, 0.15) is 0 Å². The molecule has 0 spiro atoms. The summed E-state index contributed by atoms with van der Waals surface area (Å²) in [4.78, 5) is 4.14. The van der Waals surface area contributed by atoms with E-state index in [1.807, 2.05) is 12.4 Å². The maximum atomic E-state index is 4.14. The van der Waals surface area contributed by atoms with Crippen LogP contribution >= 0.6 is 0 Å². The Bertz CT molecular complexity index is 487. The summed E-state index contributed by atoms with van der Waals surface area (Å²) in [5.41, 5.74) is 1.45. The summed E-state index contributed by atoms with van der Waals surface area (Å²) in [6, 6.07) is 8.81. The van der Waals surface area contributed by atoms with E-state index < -0.39 is 0 Å². The predicted octanol–water partition coefficient (Wildman–Crippen LogP) is 2.39. The summed E-state index contributed by atoms with van der Waals surface area (Å²) in [5.74, 6) is 0.819. The molecule has 2 aromatic rings. The zero-order valence-electron chi connectivity index (χ0n) is 9.32. The van der Waals surface area contributed by atoms with Crippen LogP contribution in [0.5, 0.6) is 0 Å². The quantitative estimate of drug-likeness (QED) is 0.826. The highest BCUT2D eigenvalue weighted by Crippen LogP contribution is 2.19. The lowest BCUT2D eigenvalue weighted by molar-refractivity contribution is 0.580. The van der Waals surface area contributed by atoms with Crippen molar-refractivity contribution in [2.75, 3.05) is 13.1 Å². The van der Waals surface area contributed by atoms with E-state index in [4.69, 9.17) is 0 Å². The first-order chi connectivity index (χ1) is 7.92.